The Morgan fingerprint density at radius 2 is 1.57 bits per heavy atom. The van der Waals surface area contributed by atoms with Crippen LogP contribution in [-0.4, -0.2) is 29.3 Å². The first-order chi connectivity index (χ1) is 17.7. The van der Waals surface area contributed by atoms with E-state index in [9.17, 15) is 9.59 Å². The van der Waals surface area contributed by atoms with Crippen LogP contribution in [0.4, 0.5) is 0 Å². The van der Waals surface area contributed by atoms with Gasteiger partial charge >= 0.3 is 0 Å². The molecule has 0 saturated carbocycles. The average molecular weight is 564 g/mol. The maximum absolute atomic E-state index is 13.8. The van der Waals surface area contributed by atoms with Crippen LogP contribution in [-0.2, 0) is 34.4 Å². The average Bonchev–Trinajstić information content (AvgIpc) is 2.88. The third-order valence-electron chi connectivity index (χ3n) is 6.51. The summed E-state index contributed by atoms with van der Waals surface area (Å²) >= 11 is 3.54. The van der Waals surface area contributed by atoms with Crippen LogP contribution >= 0.6 is 15.9 Å². The molecule has 5 heteroatoms. The highest BCUT2D eigenvalue weighted by Gasteiger charge is 2.30. The van der Waals surface area contributed by atoms with E-state index < -0.39 is 6.04 Å². The van der Waals surface area contributed by atoms with Gasteiger partial charge in [-0.1, -0.05) is 110 Å². The summed E-state index contributed by atoms with van der Waals surface area (Å²) in [5.74, 6) is -0.129. The Hall–Kier alpha value is -2.92. The molecule has 0 heterocycles. The van der Waals surface area contributed by atoms with Crippen LogP contribution in [0.25, 0.3) is 0 Å². The van der Waals surface area contributed by atoms with E-state index in [1.54, 1.807) is 4.90 Å². The van der Waals surface area contributed by atoms with Gasteiger partial charge in [-0.2, -0.15) is 0 Å². The summed E-state index contributed by atoms with van der Waals surface area (Å²) in [6.07, 6.45) is 2.28. The van der Waals surface area contributed by atoms with E-state index in [2.05, 4.69) is 66.3 Å². The molecule has 3 aromatic rings. The second kappa shape index (κ2) is 13.6. The molecule has 0 aliphatic carbocycles. The number of hydrogen-bond acceptors (Lipinski definition) is 2. The number of carbonyl (C=O) groups excluding carboxylic acids is 2. The van der Waals surface area contributed by atoms with Gasteiger partial charge in [-0.3, -0.25) is 9.59 Å². The molecular formula is C32H39BrN2O2. The van der Waals surface area contributed by atoms with E-state index in [4.69, 9.17) is 0 Å². The van der Waals surface area contributed by atoms with Crippen LogP contribution in [0.15, 0.2) is 83.3 Å². The molecule has 0 spiro atoms. The van der Waals surface area contributed by atoms with Gasteiger partial charge in [0.25, 0.3) is 0 Å². The highest BCUT2D eigenvalue weighted by atomic mass is 79.9. The normalized spacial score (nSPS) is 12.1. The molecule has 3 aromatic carbocycles. The molecule has 37 heavy (non-hydrogen) atoms. The summed E-state index contributed by atoms with van der Waals surface area (Å²) in [7, 11) is 0. The van der Waals surface area contributed by atoms with Gasteiger partial charge < -0.3 is 10.2 Å². The summed E-state index contributed by atoms with van der Waals surface area (Å²) in [5, 5.41) is 3.04. The van der Waals surface area contributed by atoms with Crippen molar-refractivity contribution in [2.24, 2.45) is 0 Å². The number of aryl methyl sites for hydroxylation is 1. The summed E-state index contributed by atoms with van der Waals surface area (Å²) < 4.78 is 0.950. The lowest BCUT2D eigenvalue weighted by Gasteiger charge is -2.32. The Kier molecular flexibility index (Phi) is 10.5. The molecule has 0 fully saturated rings. The standard InChI is InChI=1S/C32H39BrN2O2/c1-5-20-34-31(37)29(22-25-10-7-6-8-11-25)35(23-26-12-9-13-28(33)21-26)30(36)19-16-24-14-17-27(18-15-24)32(2,3)4/h6-15,17-18,21,29H,5,16,19-20,22-23H2,1-4H3,(H,34,37). The smallest absolute Gasteiger partial charge is 0.243 e. The summed E-state index contributed by atoms with van der Waals surface area (Å²) in [6.45, 7) is 9.58. The number of nitrogens with one attached hydrogen (secondary N) is 1. The van der Waals surface area contributed by atoms with Crippen molar-refractivity contribution in [2.75, 3.05) is 6.54 Å². The molecule has 1 N–H and O–H groups in total. The van der Waals surface area contributed by atoms with Crippen LogP contribution in [0.3, 0.4) is 0 Å². The fourth-order valence-corrected chi connectivity index (χ4v) is 4.76. The molecule has 0 aliphatic rings. The maximum atomic E-state index is 13.8. The minimum absolute atomic E-state index is 0.0209. The van der Waals surface area contributed by atoms with Crippen LogP contribution in [0.2, 0.25) is 0 Å². The number of benzene rings is 3. The molecule has 1 atom stereocenters. The van der Waals surface area contributed by atoms with E-state index >= 15 is 0 Å². The lowest BCUT2D eigenvalue weighted by atomic mass is 9.86. The Labute approximate surface area is 230 Å². The number of nitrogens with zero attached hydrogens (tertiary/aromatic N) is 1. The first-order valence-corrected chi connectivity index (χ1v) is 13.9. The predicted molar refractivity (Wildman–Crippen MR) is 155 cm³/mol. The molecule has 0 bridgehead atoms. The predicted octanol–water partition coefficient (Wildman–Crippen LogP) is 6.85. The number of halogens is 1. The van der Waals surface area contributed by atoms with Crippen molar-refractivity contribution < 1.29 is 9.59 Å². The molecule has 0 saturated heterocycles. The first-order valence-electron chi connectivity index (χ1n) is 13.1. The van der Waals surface area contributed by atoms with E-state index in [1.807, 2.05) is 61.5 Å². The largest absolute Gasteiger partial charge is 0.354 e. The Morgan fingerprint density at radius 3 is 2.19 bits per heavy atom. The molecule has 0 aliphatic heterocycles. The number of amides is 2. The van der Waals surface area contributed by atoms with Crippen LogP contribution in [0.5, 0.6) is 0 Å². The maximum Gasteiger partial charge on any atom is 0.243 e. The minimum Gasteiger partial charge on any atom is -0.354 e. The molecule has 0 aromatic heterocycles. The quantitative estimate of drug-likeness (QED) is 0.278. The van der Waals surface area contributed by atoms with Gasteiger partial charge in [-0.15, -0.1) is 0 Å². The van der Waals surface area contributed by atoms with Gasteiger partial charge in [-0.25, -0.2) is 0 Å². The van der Waals surface area contributed by atoms with Gasteiger partial charge in [0, 0.05) is 30.4 Å². The van der Waals surface area contributed by atoms with E-state index in [-0.39, 0.29) is 17.2 Å². The summed E-state index contributed by atoms with van der Waals surface area (Å²) in [6, 6.07) is 25.8. The van der Waals surface area contributed by atoms with Crippen molar-refractivity contribution in [1.29, 1.82) is 0 Å². The van der Waals surface area contributed by atoms with Gasteiger partial charge in [0.1, 0.15) is 6.04 Å². The summed E-state index contributed by atoms with van der Waals surface area (Å²) in [5.41, 5.74) is 4.50. The second-order valence-electron chi connectivity index (χ2n) is 10.6. The van der Waals surface area contributed by atoms with Crippen LogP contribution < -0.4 is 5.32 Å². The van der Waals surface area contributed by atoms with Crippen molar-refractivity contribution in [3.05, 3.63) is 106 Å². The highest BCUT2D eigenvalue weighted by molar-refractivity contribution is 9.10. The Morgan fingerprint density at radius 1 is 0.892 bits per heavy atom. The molecule has 3 rings (SSSR count). The van der Waals surface area contributed by atoms with E-state index in [0.29, 0.717) is 32.4 Å². The van der Waals surface area contributed by atoms with Gasteiger partial charge in [0.05, 0.1) is 0 Å². The molecule has 196 valence electrons. The highest BCUT2D eigenvalue weighted by Crippen LogP contribution is 2.23. The fraction of sp³-hybridized carbons (Fsp3) is 0.375. The Balaban J connectivity index is 1.86. The molecule has 2 amide bonds. The van der Waals surface area contributed by atoms with Crippen LogP contribution in [0.1, 0.15) is 62.8 Å². The Bertz CT molecular complexity index is 1150. The first kappa shape index (κ1) is 28.6. The third kappa shape index (κ3) is 8.85. The van der Waals surface area contributed by atoms with Crippen molar-refractivity contribution >= 4 is 27.7 Å². The lowest BCUT2D eigenvalue weighted by molar-refractivity contribution is -0.141. The van der Waals surface area contributed by atoms with Crippen molar-refractivity contribution in [3.8, 4) is 0 Å². The SMILES string of the molecule is CCCNC(=O)C(Cc1ccccc1)N(Cc1cccc(Br)c1)C(=O)CCc1ccc(C(C)(C)C)cc1. The van der Waals surface area contributed by atoms with Crippen LogP contribution in [0, 0.1) is 0 Å². The van der Waals surface area contributed by atoms with Gasteiger partial charge in [-0.05, 0) is 52.6 Å². The fourth-order valence-electron chi connectivity index (χ4n) is 4.32. The van der Waals surface area contributed by atoms with Gasteiger partial charge in [0.15, 0.2) is 0 Å². The lowest BCUT2D eigenvalue weighted by Crippen LogP contribution is -2.50. The van der Waals surface area contributed by atoms with Crippen molar-refractivity contribution in [2.45, 2.75) is 71.4 Å². The minimum atomic E-state index is -0.594. The summed E-state index contributed by atoms with van der Waals surface area (Å²) in [4.78, 5) is 28.9. The third-order valence-corrected chi connectivity index (χ3v) is 7.00. The molecular weight excluding hydrogens is 524 g/mol. The monoisotopic (exact) mass is 562 g/mol. The van der Waals surface area contributed by atoms with Crippen molar-refractivity contribution in [1.82, 2.24) is 10.2 Å². The molecule has 0 radical (unpaired) electrons. The zero-order chi connectivity index (χ0) is 26.8. The molecule has 1 unspecified atom stereocenters. The second-order valence-corrected chi connectivity index (χ2v) is 11.5. The molecule has 4 nitrogen and oxygen atoms in total. The number of carbonyl (C=O) groups is 2. The number of hydrogen-bond donors (Lipinski definition) is 1. The van der Waals surface area contributed by atoms with E-state index in [0.717, 1.165) is 27.6 Å². The van der Waals surface area contributed by atoms with E-state index in [1.165, 1.54) is 5.56 Å². The zero-order valence-electron chi connectivity index (χ0n) is 22.5. The topological polar surface area (TPSA) is 49.4 Å². The van der Waals surface area contributed by atoms with Gasteiger partial charge in [0.2, 0.25) is 11.8 Å². The number of rotatable bonds is 11. The zero-order valence-corrected chi connectivity index (χ0v) is 24.1. The van der Waals surface area contributed by atoms with Crippen molar-refractivity contribution in [3.63, 3.8) is 0 Å².